The van der Waals surface area contributed by atoms with Crippen LogP contribution >= 0.6 is 12.2 Å². The molecule has 0 bridgehead atoms. The quantitative estimate of drug-likeness (QED) is 0.334. The lowest BCUT2D eigenvalue weighted by Gasteiger charge is -2.15. The van der Waals surface area contributed by atoms with Crippen molar-refractivity contribution >= 4 is 12.2 Å². The van der Waals surface area contributed by atoms with Crippen LogP contribution in [0.1, 0.15) is 16.9 Å². The van der Waals surface area contributed by atoms with Crippen LogP contribution < -0.4 is 14.2 Å². The predicted molar refractivity (Wildman–Crippen MR) is 116 cm³/mol. The van der Waals surface area contributed by atoms with E-state index in [1.54, 1.807) is 6.20 Å². The zero-order valence-corrected chi connectivity index (χ0v) is 17.1. The highest BCUT2D eigenvalue weighted by atomic mass is 32.1. The van der Waals surface area contributed by atoms with E-state index < -0.39 is 0 Å². The van der Waals surface area contributed by atoms with Crippen LogP contribution in [-0.2, 0) is 19.8 Å². The van der Waals surface area contributed by atoms with Crippen molar-refractivity contribution in [3.63, 3.8) is 0 Å². The van der Waals surface area contributed by atoms with Crippen LogP contribution in [0.2, 0.25) is 0 Å². The monoisotopic (exact) mass is 419 g/mol. The molecule has 0 spiro atoms. The number of aromatic nitrogens is 1. The summed E-state index contributed by atoms with van der Waals surface area (Å²) in [6.07, 6.45) is 1.69. The van der Waals surface area contributed by atoms with Crippen molar-refractivity contribution in [1.82, 2.24) is 4.98 Å². The number of benzene rings is 3. The molecular formula is C24H21NO4S. The molecule has 1 heterocycles. The lowest BCUT2D eigenvalue weighted by molar-refractivity contribution is 0.246. The molecule has 0 aliphatic carbocycles. The minimum Gasteiger partial charge on any atom is -0.485 e. The molecule has 0 amide bonds. The van der Waals surface area contributed by atoms with Gasteiger partial charge in [-0.25, -0.2) is 0 Å². The Hall–Kier alpha value is -3.51. The second-order valence-corrected chi connectivity index (χ2v) is 6.96. The molecule has 6 heteroatoms. The highest BCUT2D eigenvalue weighted by Crippen LogP contribution is 2.33. The Morgan fingerprint density at radius 1 is 0.700 bits per heavy atom. The molecule has 4 rings (SSSR count). The van der Waals surface area contributed by atoms with Gasteiger partial charge >= 0.3 is 0 Å². The van der Waals surface area contributed by atoms with Gasteiger partial charge in [-0.3, -0.25) is 0 Å². The maximum Gasteiger partial charge on any atom is 0.266 e. The summed E-state index contributed by atoms with van der Waals surface area (Å²) in [4.78, 5) is 3.14. The van der Waals surface area contributed by atoms with Crippen molar-refractivity contribution in [2.45, 2.75) is 19.8 Å². The van der Waals surface area contributed by atoms with Gasteiger partial charge in [-0.2, -0.15) is 0 Å². The van der Waals surface area contributed by atoms with Crippen LogP contribution in [0.15, 0.2) is 89.5 Å². The number of aromatic amines is 1. The van der Waals surface area contributed by atoms with Crippen LogP contribution in [0.3, 0.4) is 0 Å². The van der Waals surface area contributed by atoms with E-state index in [-0.39, 0.29) is 6.61 Å². The number of H-pyrrole nitrogens is 1. The van der Waals surface area contributed by atoms with Crippen molar-refractivity contribution in [3.8, 4) is 17.2 Å². The van der Waals surface area contributed by atoms with Crippen molar-refractivity contribution < 1.29 is 18.6 Å². The minimum atomic E-state index is 0.259. The van der Waals surface area contributed by atoms with Gasteiger partial charge in [-0.1, -0.05) is 60.7 Å². The summed E-state index contributed by atoms with van der Waals surface area (Å²) in [6, 6.07) is 25.5. The molecule has 4 aromatic rings. The molecule has 152 valence electrons. The summed E-state index contributed by atoms with van der Waals surface area (Å²) < 4.78 is 23.2. The van der Waals surface area contributed by atoms with Crippen molar-refractivity contribution in [2.75, 3.05) is 0 Å². The summed E-state index contributed by atoms with van der Waals surface area (Å²) in [5.74, 6) is 2.53. The zero-order valence-electron chi connectivity index (χ0n) is 16.2. The van der Waals surface area contributed by atoms with E-state index in [1.807, 2.05) is 78.9 Å². The van der Waals surface area contributed by atoms with E-state index in [9.17, 15) is 0 Å². The average Bonchev–Trinajstić information content (AvgIpc) is 3.22. The molecule has 3 aromatic carbocycles. The fourth-order valence-corrected chi connectivity index (χ4v) is 2.99. The van der Waals surface area contributed by atoms with Crippen LogP contribution in [0.5, 0.6) is 17.2 Å². The third kappa shape index (κ3) is 5.52. The Balaban J connectivity index is 1.48. The number of ether oxygens (including phenoxy) is 3. The molecular weight excluding hydrogens is 398 g/mol. The average molecular weight is 420 g/mol. The van der Waals surface area contributed by atoms with Crippen molar-refractivity contribution in [2.24, 2.45) is 0 Å². The van der Waals surface area contributed by atoms with Gasteiger partial charge in [-0.05, 0) is 35.5 Å². The second kappa shape index (κ2) is 9.80. The Morgan fingerprint density at radius 2 is 1.33 bits per heavy atom. The highest BCUT2D eigenvalue weighted by Gasteiger charge is 2.10. The van der Waals surface area contributed by atoms with Crippen molar-refractivity contribution in [1.29, 1.82) is 0 Å². The largest absolute Gasteiger partial charge is 0.485 e. The number of oxazole rings is 1. The molecule has 0 aliphatic heterocycles. The van der Waals surface area contributed by atoms with Gasteiger partial charge in [0, 0.05) is 12.3 Å². The lowest BCUT2D eigenvalue weighted by atomic mass is 10.2. The van der Waals surface area contributed by atoms with E-state index in [0.29, 0.717) is 41.1 Å². The van der Waals surface area contributed by atoms with Gasteiger partial charge in [0.25, 0.3) is 4.84 Å². The van der Waals surface area contributed by atoms with Gasteiger partial charge < -0.3 is 23.6 Å². The fraction of sp³-hybridized carbons (Fsp3) is 0.125. The summed E-state index contributed by atoms with van der Waals surface area (Å²) in [6.45, 7) is 1.14. The fourth-order valence-electron chi connectivity index (χ4n) is 2.82. The Labute approximate surface area is 179 Å². The topological polar surface area (TPSA) is 56.6 Å². The Bertz CT molecular complexity index is 1120. The summed E-state index contributed by atoms with van der Waals surface area (Å²) in [5.41, 5.74) is 2.16. The predicted octanol–water partition coefficient (Wildman–Crippen LogP) is 6.07. The maximum absolute atomic E-state index is 6.06. The van der Waals surface area contributed by atoms with Gasteiger partial charge in [0.05, 0.1) is 0 Å². The number of hydrogen-bond acceptors (Lipinski definition) is 5. The third-order valence-electron chi connectivity index (χ3n) is 4.35. The molecule has 0 aliphatic rings. The van der Waals surface area contributed by atoms with Gasteiger partial charge in [0.1, 0.15) is 25.6 Å². The standard InChI is InChI=1S/C24H21NO4S/c30-24-25-14-21(29-24)17-26-20-11-12-22(27-15-18-7-3-1-4-8-18)23(13-20)28-16-19-9-5-2-6-10-19/h1-14H,15-17H2,(H,25,30). The molecule has 30 heavy (non-hydrogen) atoms. The molecule has 0 atom stereocenters. The zero-order chi connectivity index (χ0) is 20.6. The van der Waals surface area contributed by atoms with Gasteiger partial charge in [-0.15, -0.1) is 0 Å². The first-order valence-corrected chi connectivity index (χ1v) is 9.95. The minimum absolute atomic E-state index is 0.259. The number of rotatable bonds is 9. The van der Waals surface area contributed by atoms with E-state index >= 15 is 0 Å². The molecule has 0 saturated carbocycles. The summed E-state index contributed by atoms with van der Waals surface area (Å²) >= 11 is 4.94. The molecule has 0 unspecified atom stereocenters. The van der Waals surface area contributed by atoms with Gasteiger partial charge in [0.15, 0.2) is 17.3 Å². The summed E-state index contributed by atoms with van der Waals surface area (Å²) in [5, 5.41) is 0. The molecule has 0 fully saturated rings. The molecule has 5 nitrogen and oxygen atoms in total. The molecule has 0 radical (unpaired) electrons. The smallest absolute Gasteiger partial charge is 0.266 e. The van der Waals surface area contributed by atoms with Crippen LogP contribution in [-0.4, -0.2) is 4.98 Å². The molecule has 1 N–H and O–H groups in total. The Morgan fingerprint density at radius 3 is 1.93 bits per heavy atom. The van der Waals surface area contributed by atoms with E-state index in [2.05, 4.69) is 4.98 Å². The van der Waals surface area contributed by atoms with Crippen LogP contribution in [0.4, 0.5) is 0 Å². The molecule has 0 saturated heterocycles. The lowest BCUT2D eigenvalue weighted by Crippen LogP contribution is -2.01. The SMILES string of the molecule is S=c1[nH]cc(COc2ccc(OCc3ccccc3)c(OCc3ccccc3)c2)o1. The maximum atomic E-state index is 6.06. The van der Waals surface area contributed by atoms with Crippen LogP contribution in [0, 0.1) is 4.84 Å². The van der Waals surface area contributed by atoms with Crippen LogP contribution in [0.25, 0.3) is 0 Å². The normalized spacial score (nSPS) is 10.5. The molecule has 1 aromatic heterocycles. The first-order valence-electron chi connectivity index (χ1n) is 9.54. The highest BCUT2D eigenvalue weighted by molar-refractivity contribution is 7.71. The number of nitrogens with one attached hydrogen (secondary N) is 1. The summed E-state index contributed by atoms with van der Waals surface area (Å²) in [7, 11) is 0. The van der Waals surface area contributed by atoms with E-state index in [4.69, 9.17) is 30.8 Å². The number of hydrogen-bond donors (Lipinski definition) is 1. The Kier molecular flexibility index (Phi) is 6.47. The first-order chi connectivity index (χ1) is 14.8. The third-order valence-corrected chi connectivity index (χ3v) is 4.55. The van der Waals surface area contributed by atoms with E-state index in [1.165, 1.54) is 0 Å². The second-order valence-electron chi connectivity index (χ2n) is 6.59. The van der Waals surface area contributed by atoms with Gasteiger partial charge in [0.2, 0.25) is 0 Å². The first kappa shape index (κ1) is 19.8. The van der Waals surface area contributed by atoms with Crippen molar-refractivity contribution in [3.05, 3.63) is 107 Å². The van der Waals surface area contributed by atoms with E-state index in [0.717, 1.165) is 11.1 Å².